The molecule has 0 fully saturated rings. The minimum absolute atomic E-state index is 0.0647. The third kappa shape index (κ3) is 3.45. The number of nitrogens with zero attached hydrogens (tertiary/aromatic N) is 2. The number of aryl methyl sites for hydroxylation is 2. The Hall–Kier alpha value is -1.92. The lowest BCUT2D eigenvalue weighted by Crippen LogP contribution is -2.13. The van der Waals surface area contributed by atoms with Gasteiger partial charge in [0.1, 0.15) is 5.03 Å². The Bertz CT molecular complexity index is 816. The van der Waals surface area contributed by atoms with Crippen molar-refractivity contribution in [2.24, 2.45) is 0 Å². The largest absolute Gasteiger partial charge is 0.301 e. The Morgan fingerprint density at radius 2 is 2.18 bits per heavy atom. The van der Waals surface area contributed by atoms with Crippen LogP contribution in [0, 0.1) is 13.8 Å². The summed E-state index contributed by atoms with van der Waals surface area (Å²) in [5.41, 5.74) is 3.26. The molecule has 0 atom stereocenters. The number of rotatable bonds is 4. The van der Waals surface area contributed by atoms with E-state index < -0.39 is 0 Å². The smallest absolute Gasteiger partial charge is 0.236 e. The second-order valence-electron chi connectivity index (χ2n) is 4.98. The van der Waals surface area contributed by atoms with E-state index in [0.717, 1.165) is 21.5 Å². The Kier molecular flexibility index (Phi) is 4.40. The molecule has 4 nitrogen and oxygen atoms in total. The van der Waals surface area contributed by atoms with Gasteiger partial charge in [-0.1, -0.05) is 23.4 Å². The number of thioether (sulfide) groups is 1. The van der Waals surface area contributed by atoms with Crippen LogP contribution in [0.25, 0.3) is 10.9 Å². The van der Waals surface area contributed by atoms with Gasteiger partial charge in [-0.15, -0.1) is 11.3 Å². The SMILES string of the molecule is Cc1ccc2nc(SCC(=O)Nc3nccs3)c(C)cc2c1. The number of benzene rings is 1. The fourth-order valence-electron chi connectivity index (χ4n) is 2.10. The zero-order valence-electron chi connectivity index (χ0n) is 12.3. The predicted octanol–water partition coefficient (Wildman–Crippen LogP) is 4.04. The van der Waals surface area contributed by atoms with Crippen LogP contribution in [-0.2, 0) is 4.79 Å². The Balaban J connectivity index is 1.72. The number of thiazole rings is 1. The van der Waals surface area contributed by atoms with Crippen molar-refractivity contribution < 1.29 is 4.79 Å². The second kappa shape index (κ2) is 6.46. The zero-order valence-corrected chi connectivity index (χ0v) is 13.9. The van der Waals surface area contributed by atoms with Crippen molar-refractivity contribution >= 4 is 45.0 Å². The summed E-state index contributed by atoms with van der Waals surface area (Å²) in [7, 11) is 0. The van der Waals surface area contributed by atoms with Crippen LogP contribution in [0.3, 0.4) is 0 Å². The van der Waals surface area contributed by atoms with E-state index in [2.05, 4.69) is 34.3 Å². The normalized spacial score (nSPS) is 10.8. The first-order valence-corrected chi connectivity index (χ1v) is 8.68. The molecule has 6 heteroatoms. The monoisotopic (exact) mass is 329 g/mol. The van der Waals surface area contributed by atoms with Gasteiger partial charge in [0, 0.05) is 17.0 Å². The average molecular weight is 329 g/mol. The van der Waals surface area contributed by atoms with Crippen molar-refractivity contribution in [3.8, 4) is 0 Å². The molecule has 3 aromatic rings. The maximum atomic E-state index is 11.9. The number of aromatic nitrogens is 2. The molecule has 0 radical (unpaired) electrons. The lowest BCUT2D eigenvalue weighted by Gasteiger charge is -2.07. The third-order valence-corrected chi connectivity index (χ3v) is 4.91. The molecule has 0 aliphatic heterocycles. The first-order valence-electron chi connectivity index (χ1n) is 6.82. The van der Waals surface area contributed by atoms with Crippen LogP contribution < -0.4 is 5.32 Å². The first kappa shape index (κ1) is 15.0. The summed E-state index contributed by atoms with van der Waals surface area (Å²) in [6.07, 6.45) is 1.67. The van der Waals surface area contributed by atoms with Crippen molar-refractivity contribution in [1.29, 1.82) is 0 Å². The molecule has 22 heavy (non-hydrogen) atoms. The molecule has 2 heterocycles. The molecule has 2 aromatic heterocycles. The number of nitrogens with one attached hydrogen (secondary N) is 1. The molecule has 0 bridgehead atoms. The maximum absolute atomic E-state index is 11.9. The summed E-state index contributed by atoms with van der Waals surface area (Å²) >= 11 is 2.86. The van der Waals surface area contributed by atoms with Gasteiger partial charge in [0.25, 0.3) is 0 Å². The summed E-state index contributed by atoms with van der Waals surface area (Å²) in [5.74, 6) is 0.260. The molecule has 0 unspecified atom stereocenters. The highest BCUT2D eigenvalue weighted by molar-refractivity contribution is 8.00. The summed E-state index contributed by atoms with van der Waals surface area (Å²) in [6.45, 7) is 4.09. The highest BCUT2D eigenvalue weighted by atomic mass is 32.2. The van der Waals surface area contributed by atoms with Crippen LogP contribution in [0.15, 0.2) is 40.9 Å². The highest BCUT2D eigenvalue weighted by Crippen LogP contribution is 2.25. The lowest BCUT2D eigenvalue weighted by atomic mass is 10.1. The fraction of sp³-hybridized carbons (Fsp3) is 0.188. The number of amides is 1. The topological polar surface area (TPSA) is 54.9 Å². The van der Waals surface area contributed by atoms with Crippen LogP contribution in [-0.4, -0.2) is 21.6 Å². The molecular weight excluding hydrogens is 314 g/mol. The number of carbonyl (C=O) groups excluding carboxylic acids is 1. The minimum atomic E-state index is -0.0647. The molecule has 0 aliphatic rings. The number of anilines is 1. The number of fused-ring (bicyclic) bond motifs is 1. The number of hydrogen-bond acceptors (Lipinski definition) is 5. The molecule has 1 amide bonds. The van der Waals surface area contributed by atoms with Gasteiger partial charge >= 0.3 is 0 Å². The molecule has 0 spiro atoms. The summed E-state index contributed by atoms with van der Waals surface area (Å²) in [5, 5.41) is 7.27. The summed E-state index contributed by atoms with van der Waals surface area (Å²) < 4.78 is 0. The molecule has 0 saturated carbocycles. The van der Waals surface area contributed by atoms with Crippen molar-refractivity contribution in [2.75, 3.05) is 11.1 Å². The van der Waals surface area contributed by atoms with Crippen molar-refractivity contribution in [2.45, 2.75) is 18.9 Å². The van der Waals surface area contributed by atoms with E-state index in [0.29, 0.717) is 10.9 Å². The average Bonchev–Trinajstić information content (AvgIpc) is 2.98. The number of hydrogen-bond donors (Lipinski definition) is 1. The van der Waals surface area contributed by atoms with Gasteiger partial charge in [-0.25, -0.2) is 9.97 Å². The summed E-state index contributed by atoms with van der Waals surface area (Å²) in [4.78, 5) is 20.6. The molecule has 1 aromatic carbocycles. The number of carbonyl (C=O) groups is 1. The maximum Gasteiger partial charge on any atom is 0.236 e. The van der Waals surface area contributed by atoms with Gasteiger partial charge in [0.2, 0.25) is 5.91 Å². The van der Waals surface area contributed by atoms with E-state index in [-0.39, 0.29) is 5.91 Å². The third-order valence-electron chi connectivity index (χ3n) is 3.13. The van der Waals surface area contributed by atoms with E-state index >= 15 is 0 Å². The quantitative estimate of drug-likeness (QED) is 0.734. The molecule has 0 aliphatic carbocycles. The minimum Gasteiger partial charge on any atom is -0.301 e. The van der Waals surface area contributed by atoms with Crippen molar-refractivity contribution in [3.63, 3.8) is 0 Å². The predicted molar refractivity (Wildman–Crippen MR) is 92.7 cm³/mol. The second-order valence-corrected chi connectivity index (χ2v) is 6.84. The fourth-order valence-corrected chi connectivity index (χ4v) is 3.44. The lowest BCUT2D eigenvalue weighted by molar-refractivity contribution is -0.113. The van der Waals surface area contributed by atoms with Gasteiger partial charge < -0.3 is 5.32 Å². The van der Waals surface area contributed by atoms with Gasteiger partial charge in [-0.3, -0.25) is 4.79 Å². The van der Waals surface area contributed by atoms with Crippen LogP contribution in [0.5, 0.6) is 0 Å². The van der Waals surface area contributed by atoms with Gasteiger partial charge in [-0.05, 0) is 37.6 Å². The van der Waals surface area contributed by atoms with Crippen molar-refractivity contribution in [3.05, 3.63) is 47.0 Å². The van der Waals surface area contributed by atoms with Gasteiger partial charge in [-0.2, -0.15) is 0 Å². The Labute approximate surface area is 137 Å². The van der Waals surface area contributed by atoms with E-state index in [9.17, 15) is 4.79 Å². The van der Waals surface area contributed by atoms with E-state index in [1.165, 1.54) is 28.7 Å². The first-order chi connectivity index (χ1) is 10.6. The standard InChI is InChI=1S/C16H15N3OS2/c1-10-3-4-13-12(7-10)8-11(2)15(18-13)22-9-14(20)19-16-17-5-6-21-16/h3-8H,9H2,1-2H3,(H,17,19,20). The van der Waals surface area contributed by atoms with E-state index in [4.69, 9.17) is 0 Å². The van der Waals surface area contributed by atoms with Crippen LogP contribution >= 0.6 is 23.1 Å². The molecular formula is C16H15N3OS2. The Morgan fingerprint density at radius 1 is 1.32 bits per heavy atom. The molecule has 0 saturated heterocycles. The van der Waals surface area contributed by atoms with Crippen LogP contribution in [0.1, 0.15) is 11.1 Å². The number of pyridine rings is 1. The zero-order chi connectivity index (χ0) is 15.5. The van der Waals surface area contributed by atoms with Gasteiger partial charge in [0.15, 0.2) is 5.13 Å². The Morgan fingerprint density at radius 3 is 2.95 bits per heavy atom. The molecule has 3 rings (SSSR count). The molecule has 1 N–H and O–H groups in total. The van der Waals surface area contributed by atoms with Gasteiger partial charge in [0.05, 0.1) is 11.3 Å². The van der Waals surface area contributed by atoms with Crippen LogP contribution in [0.2, 0.25) is 0 Å². The van der Waals surface area contributed by atoms with E-state index in [1.54, 1.807) is 6.20 Å². The van der Waals surface area contributed by atoms with Crippen molar-refractivity contribution in [1.82, 2.24) is 9.97 Å². The highest BCUT2D eigenvalue weighted by Gasteiger charge is 2.09. The molecule has 112 valence electrons. The van der Waals surface area contributed by atoms with Crippen LogP contribution in [0.4, 0.5) is 5.13 Å². The summed E-state index contributed by atoms with van der Waals surface area (Å²) in [6, 6.07) is 8.31. The van der Waals surface area contributed by atoms with E-state index in [1.807, 2.05) is 24.4 Å².